The Bertz CT molecular complexity index is 616. The molecule has 0 fully saturated rings. The number of carbonyl (C=O) groups excluding carboxylic acids is 1. The molecule has 0 aliphatic heterocycles. The standard InChI is InChI=1S/C14H13NOS/c1-11(16)17-9-3-4-12-5-6-14-13(10-12)7-8-15(14)2/h5-8,10H,9H2,1-2H3. The number of nitrogens with zero attached hydrogens (tertiary/aromatic N) is 1. The third-order valence-electron chi connectivity index (χ3n) is 2.47. The van der Waals surface area contributed by atoms with Crippen molar-refractivity contribution in [2.75, 3.05) is 5.75 Å². The first-order chi connectivity index (χ1) is 8.16. The summed E-state index contributed by atoms with van der Waals surface area (Å²) in [6.07, 6.45) is 2.04. The van der Waals surface area contributed by atoms with Crippen LogP contribution in [-0.4, -0.2) is 15.4 Å². The summed E-state index contributed by atoms with van der Waals surface area (Å²) in [5.41, 5.74) is 2.20. The van der Waals surface area contributed by atoms with Crippen molar-refractivity contribution in [3.05, 3.63) is 36.0 Å². The van der Waals surface area contributed by atoms with Gasteiger partial charge in [0.15, 0.2) is 5.12 Å². The highest BCUT2D eigenvalue weighted by Crippen LogP contribution is 2.16. The molecular formula is C14H13NOS. The van der Waals surface area contributed by atoms with Crippen LogP contribution in [0.4, 0.5) is 0 Å². The van der Waals surface area contributed by atoms with Crippen molar-refractivity contribution in [3.63, 3.8) is 0 Å². The lowest BCUT2D eigenvalue weighted by molar-refractivity contribution is -0.109. The van der Waals surface area contributed by atoms with Crippen LogP contribution in [0.1, 0.15) is 12.5 Å². The van der Waals surface area contributed by atoms with E-state index in [0.29, 0.717) is 5.75 Å². The van der Waals surface area contributed by atoms with E-state index in [4.69, 9.17) is 0 Å². The normalized spacial score (nSPS) is 10.0. The van der Waals surface area contributed by atoms with Crippen molar-refractivity contribution >= 4 is 27.8 Å². The maximum absolute atomic E-state index is 10.7. The second-order valence-corrected chi connectivity index (χ2v) is 4.93. The Morgan fingerprint density at radius 3 is 3.00 bits per heavy atom. The minimum absolute atomic E-state index is 0.109. The van der Waals surface area contributed by atoms with E-state index in [1.165, 1.54) is 22.7 Å². The van der Waals surface area contributed by atoms with Gasteiger partial charge in [0.2, 0.25) is 0 Å². The van der Waals surface area contributed by atoms with E-state index in [1.54, 1.807) is 6.92 Å². The lowest BCUT2D eigenvalue weighted by Gasteiger charge is -1.96. The molecule has 0 saturated heterocycles. The van der Waals surface area contributed by atoms with Crippen molar-refractivity contribution in [2.24, 2.45) is 7.05 Å². The fourth-order valence-electron chi connectivity index (χ4n) is 1.64. The number of hydrogen-bond donors (Lipinski definition) is 0. The van der Waals surface area contributed by atoms with E-state index in [9.17, 15) is 4.79 Å². The van der Waals surface area contributed by atoms with Gasteiger partial charge >= 0.3 is 0 Å². The Labute approximate surface area is 105 Å². The molecule has 2 nitrogen and oxygen atoms in total. The Morgan fingerprint density at radius 2 is 2.24 bits per heavy atom. The molecule has 1 aromatic heterocycles. The Hall–Kier alpha value is -1.66. The van der Waals surface area contributed by atoms with Gasteiger partial charge in [-0.05, 0) is 24.3 Å². The van der Waals surface area contributed by atoms with Crippen LogP contribution in [0.25, 0.3) is 10.9 Å². The number of rotatable bonds is 1. The maximum atomic E-state index is 10.7. The summed E-state index contributed by atoms with van der Waals surface area (Å²) in [5, 5.41) is 1.30. The molecule has 2 aromatic rings. The van der Waals surface area contributed by atoms with Gasteiger partial charge in [-0.2, -0.15) is 0 Å². The average molecular weight is 243 g/mol. The van der Waals surface area contributed by atoms with Gasteiger partial charge in [-0.25, -0.2) is 0 Å². The SMILES string of the molecule is CC(=O)SCC#Cc1ccc2c(ccn2C)c1. The monoisotopic (exact) mass is 243 g/mol. The first-order valence-electron chi connectivity index (χ1n) is 5.34. The van der Waals surface area contributed by atoms with Gasteiger partial charge in [0.25, 0.3) is 0 Å². The topological polar surface area (TPSA) is 22.0 Å². The largest absolute Gasteiger partial charge is 0.351 e. The minimum atomic E-state index is 0.109. The van der Waals surface area contributed by atoms with Gasteiger partial charge in [-0.1, -0.05) is 23.6 Å². The minimum Gasteiger partial charge on any atom is -0.351 e. The summed E-state index contributed by atoms with van der Waals surface area (Å²) in [6.45, 7) is 1.56. The molecule has 0 N–H and O–H groups in total. The van der Waals surface area contributed by atoms with Crippen molar-refractivity contribution < 1.29 is 4.79 Å². The highest BCUT2D eigenvalue weighted by molar-refractivity contribution is 8.13. The zero-order valence-electron chi connectivity index (χ0n) is 9.86. The van der Waals surface area contributed by atoms with Gasteiger partial charge in [-0.15, -0.1) is 0 Å². The summed E-state index contributed by atoms with van der Waals surface area (Å²) in [7, 11) is 2.02. The summed E-state index contributed by atoms with van der Waals surface area (Å²) in [5.74, 6) is 6.62. The van der Waals surface area contributed by atoms with Crippen molar-refractivity contribution in [2.45, 2.75) is 6.92 Å². The molecule has 0 bridgehead atoms. The third-order valence-corrected chi connectivity index (χ3v) is 3.16. The molecule has 17 heavy (non-hydrogen) atoms. The van der Waals surface area contributed by atoms with Gasteiger partial charge in [-0.3, -0.25) is 4.79 Å². The van der Waals surface area contributed by atoms with E-state index in [1.807, 2.05) is 19.3 Å². The van der Waals surface area contributed by atoms with E-state index < -0.39 is 0 Å². The van der Waals surface area contributed by atoms with Crippen LogP contribution < -0.4 is 0 Å². The van der Waals surface area contributed by atoms with Gasteiger partial charge < -0.3 is 4.57 Å². The zero-order chi connectivity index (χ0) is 12.3. The van der Waals surface area contributed by atoms with Crippen molar-refractivity contribution in [3.8, 4) is 11.8 Å². The van der Waals surface area contributed by atoms with Gasteiger partial charge in [0.1, 0.15) is 0 Å². The molecule has 0 unspecified atom stereocenters. The number of carbonyl (C=O) groups is 1. The summed E-state index contributed by atoms with van der Waals surface area (Å²) in [4.78, 5) is 10.7. The summed E-state index contributed by atoms with van der Waals surface area (Å²) >= 11 is 1.24. The number of fused-ring (bicyclic) bond motifs is 1. The van der Waals surface area contributed by atoms with Gasteiger partial charge in [0.05, 0.1) is 5.75 Å². The van der Waals surface area contributed by atoms with Crippen LogP contribution in [-0.2, 0) is 11.8 Å². The number of thioether (sulfide) groups is 1. The number of aromatic nitrogens is 1. The molecule has 0 atom stereocenters. The second-order valence-electron chi connectivity index (χ2n) is 3.78. The van der Waals surface area contributed by atoms with Crippen LogP contribution in [0.3, 0.4) is 0 Å². The lowest BCUT2D eigenvalue weighted by atomic mass is 10.1. The molecule has 0 saturated carbocycles. The fourth-order valence-corrected chi connectivity index (χ4v) is 1.98. The molecule has 0 amide bonds. The molecule has 0 aliphatic rings. The predicted molar refractivity (Wildman–Crippen MR) is 72.9 cm³/mol. The number of benzene rings is 1. The van der Waals surface area contributed by atoms with Crippen LogP contribution in [0.2, 0.25) is 0 Å². The van der Waals surface area contributed by atoms with Crippen LogP contribution in [0.5, 0.6) is 0 Å². The van der Waals surface area contributed by atoms with E-state index in [0.717, 1.165) is 5.56 Å². The van der Waals surface area contributed by atoms with E-state index in [-0.39, 0.29) is 5.12 Å². The summed E-state index contributed by atoms with van der Waals surface area (Å²) in [6, 6.07) is 8.22. The van der Waals surface area contributed by atoms with Crippen LogP contribution in [0.15, 0.2) is 30.5 Å². The third kappa shape index (κ3) is 2.92. The molecule has 1 aromatic carbocycles. The number of hydrogen-bond acceptors (Lipinski definition) is 2. The Kier molecular flexibility index (Phi) is 3.55. The zero-order valence-corrected chi connectivity index (χ0v) is 10.7. The quantitative estimate of drug-likeness (QED) is 0.718. The second kappa shape index (κ2) is 5.11. The molecule has 3 heteroatoms. The number of aryl methyl sites for hydroxylation is 1. The first-order valence-corrected chi connectivity index (χ1v) is 6.33. The molecule has 0 radical (unpaired) electrons. The molecule has 1 heterocycles. The predicted octanol–water partition coefficient (Wildman–Crippen LogP) is 2.81. The fraction of sp³-hybridized carbons (Fsp3) is 0.214. The van der Waals surface area contributed by atoms with Crippen LogP contribution in [0, 0.1) is 11.8 Å². The smallest absolute Gasteiger partial charge is 0.186 e. The lowest BCUT2D eigenvalue weighted by Crippen LogP contribution is -1.84. The Balaban J connectivity index is 2.16. The molecular weight excluding hydrogens is 230 g/mol. The first kappa shape index (κ1) is 11.8. The van der Waals surface area contributed by atoms with E-state index >= 15 is 0 Å². The van der Waals surface area contributed by atoms with Gasteiger partial charge in [0, 0.05) is 36.6 Å². The van der Waals surface area contributed by atoms with E-state index in [2.05, 4.69) is 34.6 Å². The Morgan fingerprint density at radius 1 is 1.41 bits per heavy atom. The highest BCUT2D eigenvalue weighted by Gasteiger charge is 1.97. The maximum Gasteiger partial charge on any atom is 0.186 e. The molecule has 86 valence electrons. The highest BCUT2D eigenvalue weighted by atomic mass is 32.2. The van der Waals surface area contributed by atoms with Crippen LogP contribution >= 0.6 is 11.8 Å². The van der Waals surface area contributed by atoms with Crippen molar-refractivity contribution in [1.29, 1.82) is 0 Å². The summed E-state index contributed by atoms with van der Waals surface area (Å²) < 4.78 is 2.08. The molecule has 2 rings (SSSR count). The van der Waals surface area contributed by atoms with Crippen molar-refractivity contribution in [1.82, 2.24) is 4.57 Å². The molecule has 0 aliphatic carbocycles. The molecule has 0 spiro atoms. The average Bonchev–Trinajstić information content (AvgIpc) is 2.66.